The molecule has 2 aliphatic heterocycles. The van der Waals surface area contributed by atoms with E-state index >= 15 is 0 Å². The van der Waals surface area contributed by atoms with E-state index in [0.717, 1.165) is 31.2 Å². The molecule has 5 unspecified atom stereocenters. The number of ether oxygens (including phenoxy) is 2. The topological polar surface area (TPSA) is 55.8 Å². The number of esters is 1. The largest absolute Gasteiger partial charge is 0.452 e. The second-order valence-electron chi connectivity index (χ2n) is 9.12. The molecule has 1 saturated carbocycles. The van der Waals surface area contributed by atoms with Gasteiger partial charge in [-0.05, 0) is 62.7 Å². The fraction of sp³-hybridized carbons (Fsp3) is 0.542. The Labute approximate surface area is 166 Å². The van der Waals surface area contributed by atoms with E-state index < -0.39 is 17.3 Å². The molecule has 0 spiro atoms. The summed E-state index contributed by atoms with van der Waals surface area (Å²) >= 11 is 0. The maximum atomic E-state index is 12.8. The third-order valence-electron chi connectivity index (χ3n) is 7.39. The highest BCUT2D eigenvalue weighted by Crippen LogP contribution is 2.64. The molecule has 4 heteroatoms. The highest BCUT2D eigenvalue weighted by atomic mass is 16.6. The average Bonchev–Trinajstić information content (AvgIpc) is 3.42. The van der Waals surface area contributed by atoms with Gasteiger partial charge in [0.25, 0.3) is 0 Å². The summed E-state index contributed by atoms with van der Waals surface area (Å²) in [5.41, 5.74) is 2.37. The van der Waals surface area contributed by atoms with Crippen LogP contribution in [0.2, 0.25) is 0 Å². The van der Waals surface area contributed by atoms with Crippen LogP contribution < -0.4 is 0 Å². The molecular formula is C24H28O4. The standard InChI is InChI=1S/C24H28O4/c1-15-8-12-18-21(15)22(27-20(26)13-9-16-6-4-3-5-7-16)24(17-10-11-17)14-19(25)23(18,2)28-24/h3-7,9,13,17-19,22,25H,8,10-12,14H2,1-2H3/b13-9+. The molecule has 1 aromatic rings. The first-order valence-electron chi connectivity index (χ1n) is 10.5. The Morgan fingerprint density at radius 1 is 1.25 bits per heavy atom. The first kappa shape index (κ1) is 18.1. The molecule has 0 aromatic heterocycles. The molecule has 0 radical (unpaired) electrons. The van der Waals surface area contributed by atoms with E-state index in [2.05, 4.69) is 13.8 Å². The molecule has 2 aliphatic carbocycles. The van der Waals surface area contributed by atoms with Gasteiger partial charge in [-0.3, -0.25) is 0 Å². The number of fused-ring (bicyclic) bond motifs is 4. The average molecular weight is 380 g/mol. The Balaban J connectivity index is 1.47. The van der Waals surface area contributed by atoms with Crippen LogP contribution in [0.4, 0.5) is 0 Å². The number of rotatable bonds is 4. The van der Waals surface area contributed by atoms with Crippen molar-refractivity contribution in [3.8, 4) is 0 Å². The molecule has 5 atom stereocenters. The zero-order valence-electron chi connectivity index (χ0n) is 16.6. The van der Waals surface area contributed by atoms with Gasteiger partial charge in [-0.25, -0.2) is 4.79 Å². The van der Waals surface area contributed by atoms with Gasteiger partial charge in [0.15, 0.2) is 6.10 Å². The molecule has 4 aliphatic rings. The van der Waals surface area contributed by atoms with Gasteiger partial charge < -0.3 is 14.6 Å². The zero-order valence-corrected chi connectivity index (χ0v) is 16.6. The van der Waals surface area contributed by atoms with E-state index in [1.165, 1.54) is 17.2 Å². The van der Waals surface area contributed by atoms with E-state index in [1.54, 1.807) is 6.08 Å². The molecule has 1 N–H and O–H groups in total. The summed E-state index contributed by atoms with van der Waals surface area (Å²) in [6.07, 6.45) is 7.06. The van der Waals surface area contributed by atoms with Crippen molar-refractivity contribution in [3.63, 3.8) is 0 Å². The minimum Gasteiger partial charge on any atom is -0.452 e. The number of hydrogen-bond acceptors (Lipinski definition) is 4. The Bertz CT molecular complexity index is 853. The Morgan fingerprint density at radius 2 is 2.00 bits per heavy atom. The quantitative estimate of drug-likeness (QED) is 0.487. The normalized spacial score (nSPS) is 39.5. The first-order chi connectivity index (χ1) is 13.4. The van der Waals surface area contributed by atoms with E-state index in [-0.39, 0.29) is 18.0 Å². The number of aliphatic hydroxyl groups is 1. The van der Waals surface area contributed by atoms with Crippen molar-refractivity contribution in [1.82, 2.24) is 0 Å². The van der Waals surface area contributed by atoms with Gasteiger partial charge in [-0.15, -0.1) is 0 Å². The van der Waals surface area contributed by atoms with Crippen LogP contribution >= 0.6 is 0 Å². The number of aliphatic hydroxyl groups excluding tert-OH is 1. The summed E-state index contributed by atoms with van der Waals surface area (Å²) in [4.78, 5) is 12.8. The van der Waals surface area contributed by atoms with Gasteiger partial charge >= 0.3 is 5.97 Å². The van der Waals surface area contributed by atoms with Crippen molar-refractivity contribution in [2.75, 3.05) is 0 Å². The van der Waals surface area contributed by atoms with Crippen molar-refractivity contribution in [2.24, 2.45) is 11.8 Å². The lowest BCUT2D eigenvalue weighted by molar-refractivity contribution is -0.214. The lowest BCUT2D eigenvalue weighted by Crippen LogP contribution is -2.57. The van der Waals surface area contributed by atoms with Crippen molar-refractivity contribution < 1.29 is 19.4 Å². The van der Waals surface area contributed by atoms with Crippen molar-refractivity contribution >= 4 is 12.0 Å². The summed E-state index contributed by atoms with van der Waals surface area (Å²) in [5.74, 6) is 0.155. The molecular weight excluding hydrogens is 352 g/mol. The van der Waals surface area contributed by atoms with Gasteiger partial charge in [0.2, 0.25) is 0 Å². The number of hydrogen-bond donors (Lipinski definition) is 1. The second-order valence-corrected chi connectivity index (χ2v) is 9.12. The van der Waals surface area contributed by atoms with Crippen molar-refractivity contribution in [1.29, 1.82) is 0 Å². The number of benzene rings is 1. The van der Waals surface area contributed by atoms with Crippen LogP contribution in [0.3, 0.4) is 0 Å². The van der Waals surface area contributed by atoms with E-state index in [0.29, 0.717) is 12.3 Å². The molecule has 5 rings (SSSR count). The molecule has 4 nitrogen and oxygen atoms in total. The number of allylic oxidation sites excluding steroid dienone is 1. The highest BCUT2D eigenvalue weighted by Gasteiger charge is 2.71. The fourth-order valence-corrected chi connectivity index (χ4v) is 5.79. The summed E-state index contributed by atoms with van der Waals surface area (Å²) in [7, 11) is 0. The van der Waals surface area contributed by atoms with Crippen LogP contribution in [-0.2, 0) is 14.3 Å². The van der Waals surface area contributed by atoms with Crippen LogP contribution in [-0.4, -0.2) is 34.5 Å². The number of carbonyl (C=O) groups excluding carboxylic acids is 1. The fourth-order valence-electron chi connectivity index (χ4n) is 5.79. The minimum absolute atomic E-state index is 0.132. The summed E-state index contributed by atoms with van der Waals surface area (Å²) in [6, 6.07) is 9.75. The van der Waals surface area contributed by atoms with E-state index in [9.17, 15) is 9.90 Å². The van der Waals surface area contributed by atoms with Crippen molar-refractivity contribution in [3.05, 3.63) is 53.1 Å². The maximum absolute atomic E-state index is 12.8. The molecule has 1 aromatic carbocycles. The molecule has 2 bridgehead atoms. The molecule has 148 valence electrons. The van der Waals surface area contributed by atoms with Crippen LogP contribution in [0.15, 0.2) is 47.6 Å². The molecule has 3 fully saturated rings. The van der Waals surface area contributed by atoms with Crippen LogP contribution in [0.1, 0.15) is 51.5 Å². The van der Waals surface area contributed by atoms with Gasteiger partial charge in [0.05, 0.1) is 11.7 Å². The third kappa shape index (κ3) is 2.61. The predicted molar refractivity (Wildman–Crippen MR) is 106 cm³/mol. The lowest BCUT2D eigenvalue weighted by atomic mass is 9.76. The van der Waals surface area contributed by atoms with Crippen molar-refractivity contribution in [2.45, 2.75) is 69.4 Å². The summed E-state index contributed by atoms with van der Waals surface area (Å²) in [6.45, 7) is 4.20. The lowest BCUT2D eigenvalue weighted by Gasteiger charge is -2.48. The van der Waals surface area contributed by atoms with Crippen LogP contribution in [0.25, 0.3) is 6.08 Å². The first-order valence-corrected chi connectivity index (χ1v) is 10.5. The van der Waals surface area contributed by atoms with E-state index in [1.807, 2.05) is 30.3 Å². The monoisotopic (exact) mass is 380 g/mol. The molecule has 2 saturated heterocycles. The molecule has 28 heavy (non-hydrogen) atoms. The Hall–Kier alpha value is -1.91. The number of carbonyl (C=O) groups is 1. The Kier molecular flexibility index (Phi) is 4.08. The van der Waals surface area contributed by atoms with Gasteiger partial charge in [-0.1, -0.05) is 35.9 Å². The summed E-state index contributed by atoms with van der Waals surface area (Å²) in [5, 5.41) is 10.9. The van der Waals surface area contributed by atoms with Gasteiger partial charge in [0.1, 0.15) is 5.60 Å². The highest BCUT2D eigenvalue weighted by molar-refractivity contribution is 5.87. The second kappa shape index (κ2) is 6.30. The zero-order chi connectivity index (χ0) is 19.5. The van der Waals surface area contributed by atoms with Gasteiger partial charge in [-0.2, -0.15) is 0 Å². The third-order valence-corrected chi connectivity index (χ3v) is 7.39. The Morgan fingerprint density at radius 3 is 2.71 bits per heavy atom. The SMILES string of the molecule is CC1=C2C(CC1)C1(C)OC(C3CC3)(CC1O)C2OC(=O)/C=C/c1ccccc1. The van der Waals surface area contributed by atoms with Crippen LogP contribution in [0, 0.1) is 11.8 Å². The smallest absolute Gasteiger partial charge is 0.331 e. The maximum Gasteiger partial charge on any atom is 0.331 e. The predicted octanol–water partition coefficient (Wildman–Crippen LogP) is 4.04. The minimum atomic E-state index is -0.568. The van der Waals surface area contributed by atoms with Crippen LogP contribution in [0.5, 0.6) is 0 Å². The molecule has 2 heterocycles. The van der Waals surface area contributed by atoms with Gasteiger partial charge in [0, 0.05) is 18.4 Å². The molecule has 0 amide bonds. The van der Waals surface area contributed by atoms with E-state index in [4.69, 9.17) is 9.47 Å². The summed E-state index contributed by atoms with van der Waals surface area (Å²) < 4.78 is 12.8.